The van der Waals surface area contributed by atoms with E-state index in [0.29, 0.717) is 6.61 Å². The van der Waals surface area contributed by atoms with E-state index in [0.717, 1.165) is 37.0 Å². The van der Waals surface area contributed by atoms with Crippen molar-refractivity contribution in [2.75, 3.05) is 19.7 Å². The molecule has 0 aliphatic carbocycles. The standard InChI is InChI=1S/C13H21NO2/c1-11-4-5-13(16-11)10-15-8-6-12-3-2-7-14-9-12/h4-5,12,14H,2-3,6-10H2,1H3. The van der Waals surface area contributed by atoms with Crippen molar-refractivity contribution in [2.45, 2.75) is 32.8 Å². The molecule has 1 aliphatic heterocycles. The summed E-state index contributed by atoms with van der Waals surface area (Å²) >= 11 is 0. The second-order valence-corrected chi connectivity index (χ2v) is 4.57. The maximum absolute atomic E-state index is 5.61. The van der Waals surface area contributed by atoms with E-state index in [4.69, 9.17) is 9.15 Å². The van der Waals surface area contributed by atoms with Crippen molar-refractivity contribution in [1.29, 1.82) is 0 Å². The Labute approximate surface area is 97.2 Å². The van der Waals surface area contributed by atoms with Gasteiger partial charge in [0.25, 0.3) is 0 Å². The Hall–Kier alpha value is -0.800. The fourth-order valence-electron chi connectivity index (χ4n) is 2.16. The lowest BCUT2D eigenvalue weighted by molar-refractivity contribution is 0.0904. The van der Waals surface area contributed by atoms with Crippen molar-refractivity contribution in [2.24, 2.45) is 5.92 Å². The van der Waals surface area contributed by atoms with Crippen LogP contribution in [-0.4, -0.2) is 19.7 Å². The van der Waals surface area contributed by atoms with Gasteiger partial charge in [0.2, 0.25) is 0 Å². The minimum atomic E-state index is 0.605. The number of rotatable bonds is 5. The van der Waals surface area contributed by atoms with Gasteiger partial charge < -0.3 is 14.5 Å². The van der Waals surface area contributed by atoms with Crippen molar-refractivity contribution in [1.82, 2.24) is 5.32 Å². The highest BCUT2D eigenvalue weighted by Gasteiger charge is 2.12. The Morgan fingerprint density at radius 1 is 1.50 bits per heavy atom. The molecule has 1 atom stereocenters. The molecule has 1 unspecified atom stereocenters. The van der Waals surface area contributed by atoms with Gasteiger partial charge in [0.1, 0.15) is 18.1 Å². The summed E-state index contributed by atoms with van der Waals surface area (Å²) in [5, 5.41) is 3.42. The molecule has 0 saturated carbocycles. The number of furan rings is 1. The minimum absolute atomic E-state index is 0.605. The molecule has 0 radical (unpaired) electrons. The first-order valence-corrected chi connectivity index (χ1v) is 6.18. The lowest BCUT2D eigenvalue weighted by atomic mass is 9.97. The Bertz CT molecular complexity index is 303. The first-order chi connectivity index (χ1) is 7.84. The van der Waals surface area contributed by atoms with Crippen LogP contribution in [0.5, 0.6) is 0 Å². The predicted molar refractivity (Wildman–Crippen MR) is 63.3 cm³/mol. The van der Waals surface area contributed by atoms with Crippen LogP contribution in [0.15, 0.2) is 16.5 Å². The van der Waals surface area contributed by atoms with Gasteiger partial charge in [-0.3, -0.25) is 0 Å². The van der Waals surface area contributed by atoms with Crippen LogP contribution in [0.25, 0.3) is 0 Å². The zero-order valence-corrected chi connectivity index (χ0v) is 10.00. The summed E-state index contributed by atoms with van der Waals surface area (Å²) in [5.74, 6) is 2.68. The lowest BCUT2D eigenvalue weighted by Crippen LogP contribution is -2.30. The van der Waals surface area contributed by atoms with E-state index in [1.807, 2.05) is 19.1 Å². The van der Waals surface area contributed by atoms with E-state index in [1.165, 1.54) is 19.4 Å². The topological polar surface area (TPSA) is 34.4 Å². The number of ether oxygens (including phenoxy) is 1. The first kappa shape index (κ1) is 11.7. The molecular formula is C13H21NO2. The third-order valence-electron chi connectivity index (χ3n) is 3.11. The molecule has 16 heavy (non-hydrogen) atoms. The Balaban J connectivity index is 1.57. The van der Waals surface area contributed by atoms with Gasteiger partial charge in [-0.25, -0.2) is 0 Å². The van der Waals surface area contributed by atoms with E-state index in [2.05, 4.69) is 5.32 Å². The first-order valence-electron chi connectivity index (χ1n) is 6.18. The second-order valence-electron chi connectivity index (χ2n) is 4.57. The average molecular weight is 223 g/mol. The molecule has 1 aliphatic rings. The molecule has 2 heterocycles. The van der Waals surface area contributed by atoms with E-state index in [1.54, 1.807) is 0 Å². The summed E-state index contributed by atoms with van der Waals surface area (Å²) in [6.07, 6.45) is 3.81. The third kappa shape index (κ3) is 3.65. The van der Waals surface area contributed by atoms with Crippen LogP contribution in [0, 0.1) is 12.8 Å². The highest BCUT2D eigenvalue weighted by Crippen LogP contribution is 2.14. The maximum atomic E-state index is 5.61. The molecule has 0 bridgehead atoms. The molecule has 3 heteroatoms. The van der Waals surface area contributed by atoms with Crippen LogP contribution >= 0.6 is 0 Å². The second kappa shape index (κ2) is 6.06. The molecule has 2 rings (SSSR count). The molecule has 0 amide bonds. The third-order valence-corrected chi connectivity index (χ3v) is 3.11. The van der Waals surface area contributed by atoms with Crippen molar-refractivity contribution >= 4 is 0 Å². The SMILES string of the molecule is Cc1ccc(COCCC2CCCNC2)o1. The van der Waals surface area contributed by atoms with Crippen LogP contribution < -0.4 is 5.32 Å². The van der Waals surface area contributed by atoms with E-state index in [9.17, 15) is 0 Å². The van der Waals surface area contributed by atoms with E-state index >= 15 is 0 Å². The van der Waals surface area contributed by atoms with Crippen molar-refractivity contribution in [3.8, 4) is 0 Å². The molecular weight excluding hydrogens is 202 g/mol. The molecule has 1 saturated heterocycles. The maximum Gasteiger partial charge on any atom is 0.129 e. The van der Waals surface area contributed by atoms with Gasteiger partial charge in [-0.1, -0.05) is 0 Å². The van der Waals surface area contributed by atoms with Crippen molar-refractivity contribution < 1.29 is 9.15 Å². The summed E-state index contributed by atoms with van der Waals surface area (Å²) in [6.45, 7) is 5.74. The predicted octanol–water partition coefficient (Wildman–Crippen LogP) is 2.49. The average Bonchev–Trinajstić information content (AvgIpc) is 2.72. The number of hydrogen-bond donors (Lipinski definition) is 1. The Kier molecular flexibility index (Phi) is 4.43. The minimum Gasteiger partial charge on any atom is -0.464 e. The summed E-state index contributed by atoms with van der Waals surface area (Å²) < 4.78 is 11.1. The lowest BCUT2D eigenvalue weighted by Gasteiger charge is -2.22. The highest BCUT2D eigenvalue weighted by molar-refractivity contribution is 5.04. The molecule has 1 fully saturated rings. The smallest absolute Gasteiger partial charge is 0.129 e. The Morgan fingerprint density at radius 3 is 3.12 bits per heavy atom. The monoisotopic (exact) mass is 223 g/mol. The fraction of sp³-hybridized carbons (Fsp3) is 0.692. The Morgan fingerprint density at radius 2 is 2.44 bits per heavy atom. The zero-order valence-electron chi connectivity index (χ0n) is 10.00. The van der Waals surface area contributed by atoms with Gasteiger partial charge in [-0.15, -0.1) is 0 Å². The van der Waals surface area contributed by atoms with Crippen LogP contribution in [0.2, 0.25) is 0 Å². The number of hydrogen-bond acceptors (Lipinski definition) is 3. The molecule has 0 aromatic carbocycles. The highest BCUT2D eigenvalue weighted by atomic mass is 16.5. The largest absolute Gasteiger partial charge is 0.464 e. The van der Waals surface area contributed by atoms with Crippen molar-refractivity contribution in [3.63, 3.8) is 0 Å². The molecule has 3 nitrogen and oxygen atoms in total. The van der Waals surface area contributed by atoms with Gasteiger partial charge >= 0.3 is 0 Å². The van der Waals surface area contributed by atoms with Crippen LogP contribution in [0.4, 0.5) is 0 Å². The van der Waals surface area contributed by atoms with Crippen LogP contribution in [0.3, 0.4) is 0 Å². The summed E-state index contributed by atoms with van der Waals surface area (Å²) in [6, 6.07) is 3.96. The normalized spacial score (nSPS) is 21.2. The van der Waals surface area contributed by atoms with Gasteiger partial charge in [0, 0.05) is 6.61 Å². The molecule has 1 aromatic heterocycles. The summed E-state index contributed by atoms with van der Waals surface area (Å²) in [4.78, 5) is 0. The van der Waals surface area contributed by atoms with Gasteiger partial charge in [0.05, 0.1) is 0 Å². The summed E-state index contributed by atoms with van der Waals surface area (Å²) in [5.41, 5.74) is 0. The molecule has 0 spiro atoms. The molecule has 1 aromatic rings. The van der Waals surface area contributed by atoms with Crippen LogP contribution in [-0.2, 0) is 11.3 Å². The van der Waals surface area contributed by atoms with E-state index < -0.39 is 0 Å². The molecule has 1 N–H and O–H groups in total. The summed E-state index contributed by atoms with van der Waals surface area (Å²) in [7, 11) is 0. The number of piperidine rings is 1. The van der Waals surface area contributed by atoms with Crippen molar-refractivity contribution in [3.05, 3.63) is 23.7 Å². The van der Waals surface area contributed by atoms with E-state index in [-0.39, 0.29) is 0 Å². The van der Waals surface area contributed by atoms with Crippen LogP contribution in [0.1, 0.15) is 30.8 Å². The number of nitrogens with one attached hydrogen (secondary N) is 1. The quantitative estimate of drug-likeness (QED) is 0.779. The molecule has 90 valence electrons. The van der Waals surface area contributed by atoms with Gasteiger partial charge in [-0.2, -0.15) is 0 Å². The zero-order chi connectivity index (χ0) is 11.2. The fourth-order valence-corrected chi connectivity index (χ4v) is 2.16. The van der Waals surface area contributed by atoms with Gasteiger partial charge in [0.15, 0.2) is 0 Å². The number of aryl methyl sites for hydroxylation is 1. The van der Waals surface area contributed by atoms with Gasteiger partial charge in [-0.05, 0) is 57.3 Å².